The largest absolute Gasteiger partial charge is 0.489 e. The first-order valence-corrected chi connectivity index (χ1v) is 5.56. The van der Waals surface area contributed by atoms with Crippen molar-refractivity contribution in [1.29, 1.82) is 0 Å². The number of hydrogen-bond donors (Lipinski definition) is 0. The van der Waals surface area contributed by atoms with Gasteiger partial charge in [0.1, 0.15) is 5.56 Å². The lowest BCUT2D eigenvalue weighted by Crippen LogP contribution is -2.09. The number of fused-ring (bicyclic) bond motifs is 1. The van der Waals surface area contributed by atoms with Gasteiger partial charge < -0.3 is 9.47 Å². The van der Waals surface area contributed by atoms with Crippen molar-refractivity contribution in [2.24, 2.45) is 4.99 Å². The van der Waals surface area contributed by atoms with Gasteiger partial charge in [-0.2, -0.15) is 13.2 Å². The van der Waals surface area contributed by atoms with E-state index in [0.717, 1.165) is 6.07 Å². The van der Waals surface area contributed by atoms with Gasteiger partial charge in [-0.15, -0.1) is 0 Å². The third-order valence-electron chi connectivity index (χ3n) is 2.59. The van der Waals surface area contributed by atoms with Gasteiger partial charge in [-0.1, -0.05) is 6.07 Å². The predicted octanol–water partition coefficient (Wildman–Crippen LogP) is 2.70. The van der Waals surface area contributed by atoms with Gasteiger partial charge in [0.25, 0.3) is 0 Å². The van der Waals surface area contributed by atoms with Crippen molar-refractivity contribution in [3.05, 3.63) is 23.3 Å². The van der Waals surface area contributed by atoms with Crippen LogP contribution in [0.2, 0.25) is 0 Å². The normalized spacial score (nSPS) is 14.5. The standard InChI is InChI=1S/C12H10F3NO3/c13-12(14,15)9-3-2-8(6-16-7-17)10-11(9)19-5-1-4-18-10/h2-3H,1,4-6H2. The number of alkyl halides is 3. The summed E-state index contributed by atoms with van der Waals surface area (Å²) in [4.78, 5) is 13.4. The van der Waals surface area contributed by atoms with Crippen molar-refractivity contribution in [3.8, 4) is 11.5 Å². The predicted molar refractivity (Wildman–Crippen MR) is 58.9 cm³/mol. The van der Waals surface area contributed by atoms with Crippen LogP contribution in [-0.2, 0) is 17.5 Å². The van der Waals surface area contributed by atoms with E-state index in [1.807, 2.05) is 0 Å². The molecule has 19 heavy (non-hydrogen) atoms. The van der Waals surface area contributed by atoms with Gasteiger partial charge in [0.2, 0.25) is 6.08 Å². The van der Waals surface area contributed by atoms with Gasteiger partial charge in [0, 0.05) is 12.0 Å². The molecule has 2 rings (SSSR count). The van der Waals surface area contributed by atoms with E-state index in [1.165, 1.54) is 12.1 Å². The average molecular weight is 273 g/mol. The molecular formula is C12H10F3NO3. The summed E-state index contributed by atoms with van der Waals surface area (Å²) < 4.78 is 49.1. The fraction of sp³-hybridized carbons (Fsp3) is 0.417. The maximum absolute atomic E-state index is 12.9. The topological polar surface area (TPSA) is 47.9 Å². The number of benzene rings is 1. The van der Waals surface area contributed by atoms with Crippen LogP contribution in [0, 0.1) is 0 Å². The highest BCUT2D eigenvalue weighted by molar-refractivity contribution is 5.54. The van der Waals surface area contributed by atoms with Gasteiger partial charge in [0.05, 0.1) is 19.8 Å². The molecule has 7 heteroatoms. The van der Waals surface area contributed by atoms with E-state index in [9.17, 15) is 18.0 Å². The molecule has 0 spiro atoms. The third kappa shape index (κ3) is 2.88. The quantitative estimate of drug-likeness (QED) is 0.615. The highest BCUT2D eigenvalue weighted by atomic mass is 19.4. The van der Waals surface area contributed by atoms with Crippen LogP contribution >= 0.6 is 0 Å². The smallest absolute Gasteiger partial charge is 0.420 e. The van der Waals surface area contributed by atoms with Gasteiger partial charge in [-0.05, 0) is 6.07 Å². The molecule has 0 aromatic heterocycles. The Bertz CT molecular complexity index is 522. The van der Waals surface area contributed by atoms with Crippen LogP contribution in [-0.4, -0.2) is 19.3 Å². The molecule has 1 aliphatic heterocycles. The molecule has 0 radical (unpaired) electrons. The van der Waals surface area contributed by atoms with E-state index >= 15 is 0 Å². The fourth-order valence-electron chi connectivity index (χ4n) is 1.78. The summed E-state index contributed by atoms with van der Waals surface area (Å²) in [5.41, 5.74) is -0.517. The molecule has 0 unspecified atom stereocenters. The van der Waals surface area contributed by atoms with E-state index in [-0.39, 0.29) is 31.3 Å². The van der Waals surface area contributed by atoms with Crippen molar-refractivity contribution in [1.82, 2.24) is 0 Å². The minimum Gasteiger partial charge on any atom is -0.489 e. The fourth-order valence-corrected chi connectivity index (χ4v) is 1.78. The van der Waals surface area contributed by atoms with Gasteiger partial charge in [-0.25, -0.2) is 9.79 Å². The van der Waals surface area contributed by atoms with Gasteiger partial charge in [-0.3, -0.25) is 0 Å². The number of rotatable bonds is 2. The Morgan fingerprint density at radius 3 is 2.53 bits per heavy atom. The highest BCUT2D eigenvalue weighted by Gasteiger charge is 2.37. The summed E-state index contributed by atoms with van der Waals surface area (Å²) in [6.07, 6.45) is -2.70. The Morgan fingerprint density at radius 2 is 1.89 bits per heavy atom. The van der Waals surface area contributed by atoms with Crippen molar-refractivity contribution < 1.29 is 27.4 Å². The maximum Gasteiger partial charge on any atom is 0.420 e. The van der Waals surface area contributed by atoms with Crippen molar-refractivity contribution in [3.63, 3.8) is 0 Å². The molecule has 1 heterocycles. The zero-order valence-corrected chi connectivity index (χ0v) is 9.79. The monoisotopic (exact) mass is 273 g/mol. The minimum atomic E-state index is -4.52. The van der Waals surface area contributed by atoms with E-state index in [4.69, 9.17) is 9.47 Å². The first-order valence-electron chi connectivity index (χ1n) is 5.56. The van der Waals surface area contributed by atoms with E-state index in [2.05, 4.69) is 4.99 Å². The molecule has 4 nitrogen and oxygen atoms in total. The maximum atomic E-state index is 12.9. The number of nitrogens with zero attached hydrogens (tertiary/aromatic N) is 1. The van der Waals surface area contributed by atoms with Crippen LogP contribution in [0.15, 0.2) is 17.1 Å². The third-order valence-corrected chi connectivity index (χ3v) is 2.59. The first kappa shape index (κ1) is 13.4. The number of aliphatic imine (C=N–C) groups is 1. The Labute approximate surface area is 106 Å². The van der Waals surface area contributed by atoms with E-state index in [1.54, 1.807) is 0 Å². The molecular weight excluding hydrogens is 263 g/mol. The molecule has 1 aromatic carbocycles. The molecule has 0 N–H and O–H groups in total. The van der Waals surface area contributed by atoms with E-state index in [0.29, 0.717) is 12.0 Å². The summed E-state index contributed by atoms with van der Waals surface area (Å²) >= 11 is 0. The molecule has 0 aliphatic carbocycles. The lowest BCUT2D eigenvalue weighted by Gasteiger charge is -2.16. The SMILES string of the molecule is O=C=NCc1ccc(C(F)(F)F)c2c1OCCCO2. The highest BCUT2D eigenvalue weighted by Crippen LogP contribution is 2.44. The number of hydrogen-bond acceptors (Lipinski definition) is 4. The molecule has 0 saturated carbocycles. The zero-order chi connectivity index (χ0) is 13.9. The molecule has 0 saturated heterocycles. The molecule has 102 valence electrons. The molecule has 0 amide bonds. The summed E-state index contributed by atoms with van der Waals surface area (Å²) in [7, 11) is 0. The Morgan fingerprint density at radius 1 is 1.21 bits per heavy atom. The molecule has 0 atom stereocenters. The van der Waals surface area contributed by atoms with E-state index < -0.39 is 11.7 Å². The van der Waals surface area contributed by atoms with Gasteiger partial charge >= 0.3 is 6.18 Å². The second kappa shape index (κ2) is 5.32. The lowest BCUT2D eigenvalue weighted by atomic mass is 10.1. The second-order valence-electron chi connectivity index (χ2n) is 3.89. The summed E-state index contributed by atoms with van der Waals surface area (Å²) in [5.74, 6) is -0.324. The Hall–Kier alpha value is -2.01. The van der Waals surface area contributed by atoms with Crippen LogP contribution in [0.1, 0.15) is 17.5 Å². The van der Waals surface area contributed by atoms with Gasteiger partial charge in [0.15, 0.2) is 11.5 Å². The summed E-state index contributed by atoms with van der Waals surface area (Å²) in [5, 5.41) is 0. The van der Waals surface area contributed by atoms with Crippen molar-refractivity contribution >= 4 is 6.08 Å². The number of isocyanates is 1. The number of ether oxygens (including phenoxy) is 2. The van der Waals surface area contributed by atoms with Crippen LogP contribution < -0.4 is 9.47 Å². The molecule has 1 aromatic rings. The Balaban J connectivity index is 2.53. The Kier molecular flexibility index (Phi) is 3.76. The van der Waals surface area contributed by atoms with Crippen LogP contribution in [0.4, 0.5) is 13.2 Å². The number of carbonyl (C=O) groups excluding carboxylic acids is 1. The molecule has 0 bridgehead atoms. The second-order valence-corrected chi connectivity index (χ2v) is 3.89. The molecule has 0 fully saturated rings. The average Bonchev–Trinajstić information content (AvgIpc) is 2.60. The van der Waals surface area contributed by atoms with Crippen LogP contribution in [0.25, 0.3) is 0 Å². The van der Waals surface area contributed by atoms with Crippen molar-refractivity contribution in [2.75, 3.05) is 13.2 Å². The summed E-state index contributed by atoms with van der Waals surface area (Å²) in [6.45, 7) is 0.315. The minimum absolute atomic E-state index is 0.00586. The molecule has 1 aliphatic rings. The number of halogens is 3. The van der Waals surface area contributed by atoms with Crippen LogP contribution in [0.3, 0.4) is 0 Å². The lowest BCUT2D eigenvalue weighted by molar-refractivity contribution is -0.139. The summed E-state index contributed by atoms with van der Waals surface area (Å²) in [6, 6.07) is 2.14. The van der Waals surface area contributed by atoms with Crippen molar-refractivity contribution in [2.45, 2.75) is 19.1 Å². The zero-order valence-electron chi connectivity index (χ0n) is 9.79. The van der Waals surface area contributed by atoms with Crippen LogP contribution in [0.5, 0.6) is 11.5 Å². The first-order chi connectivity index (χ1) is 9.04.